The fourth-order valence-electron chi connectivity index (χ4n) is 3.91. The lowest BCUT2D eigenvalue weighted by molar-refractivity contribution is -0.142. The molecule has 1 aromatic rings. The first-order valence-electron chi connectivity index (χ1n) is 12.7. The average molecular weight is 508 g/mol. The van der Waals surface area contributed by atoms with Gasteiger partial charge in [-0.15, -0.1) is 0 Å². The number of rotatable bonds is 13. The third-order valence-electron chi connectivity index (χ3n) is 5.61. The molecule has 2 N–H and O–H groups in total. The Hall–Kier alpha value is -2.22. The standard InChI is InChI=1S/C27H45N3O4S/c1-8-10-13-17-30(25(32)22(18-35)29-26(33)34-27(5,6)7)23(21-16-12-11-15-19(21)3)24(31)28-20(4)14-9-2/h11-12,15-16,20,22-23,35H,8-10,13-14,17-18H2,1-7H3,(H,28,31)(H,29,33). The largest absolute Gasteiger partial charge is 0.444 e. The molecular weight excluding hydrogens is 462 g/mol. The van der Waals surface area contributed by atoms with Crippen molar-refractivity contribution in [1.82, 2.24) is 15.5 Å². The van der Waals surface area contributed by atoms with Crippen LogP contribution in [0.25, 0.3) is 0 Å². The van der Waals surface area contributed by atoms with Gasteiger partial charge in [0.1, 0.15) is 17.7 Å². The van der Waals surface area contributed by atoms with Crippen LogP contribution in [-0.4, -0.2) is 52.8 Å². The number of unbranched alkanes of at least 4 members (excludes halogenated alkanes) is 2. The van der Waals surface area contributed by atoms with Crippen LogP contribution in [0.5, 0.6) is 0 Å². The monoisotopic (exact) mass is 507 g/mol. The Morgan fingerprint density at radius 3 is 2.26 bits per heavy atom. The lowest BCUT2D eigenvalue weighted by Gasteiger charge is -2.35. The molecule has 198 valence electrons. The highest BCUT2D eigenvalue weighted by Gasteiger charge is 2.36. The second-order valence-corrected chi connectivity index (χ2v) is 10.4. The smallest absolute Gasteiger partial charge is 0.408 e. The summed E-state index contributed by atoms with van der Waals surface area (Å²) < 4.78 is 5.36. The lowest BCUT2D eigenvalue weighted by Crippen LogP contribution is -2.54. The molecule has 8 heteroatoms. The number of carbonyl (C=O) groups excluding carboxylic acids is 3. The summed E-state index contributed by atoms with van der Waals surface area (Å²) in [6.45, 7) is 13.7. The van der Waals surface area contributed by atoms with E-state index in [1.165, 1.54) is 0 Å². The van der Waals surface area contributed by atoms with E-state index in [2.05, 4.69) is 37.1 Å². The van der Waals surface area contributed by atoms with Gasteiger partial charge in [-0.05, 0) is 58.6 Å². The van der Waals surface area contributed by atoms with Gasteiger partial charge >= 0.3 is 6.09 Å². The van der Waals surface area contributed by atoms with Gasteiger partial charge in [0.2, 0.25) is 11.8 Å². The third-order valence-corrected chi connectivity index (χ3v) is 5.98. The van der Waals surface area contributed by atoms with Crippen molar-refractivity contribution in [2.75, 3.05) is 12.3 Å². The molecule has 0 saturated carbocycles. The number of benzene rings is 1. The summed E-state index contributed by atoms with van der Waals surface area (Å²) in [6.07, 6.45) is 3.74. The summed E-state index contributed by atoms with van der Waals surface area (Å²) in [6, 6.07) is 5.85. The molecule has 0 fully saturated rings. The lowest BCUT2D eigenvalue weighted by atomic mass is 9.97. The predicted octanol–water partition coefficient (Wildman–Crippen LogP) is 5.18. The van der Waals surface area contributed by atoms with E-state index in [-0.39, 0.29) is 23.6 Å². The van der Waals surface area contributed by atoms with Crippen molar-refractivity contribution in [3.63, 3.8) is 0 Å². The molecule has 0 aliphatic rings. The normalized spacial score (nSPS) is 13.9. The summed E-state index contributed by atoms with van der Waals surface area (Å²) in [5.74, 6) is -0.495. The van der Waals surface area contributed by atoms with Crippen LogP contribution in [-0.2, 0) is 14.3 Å². The zero-order valence-electron chi connectivity index (χ0n) is 22.5. The number of thiol groups is 1. The van der Waals surface area contributed by atoms with Crippen LogP contribution in [0, 0.1) is 6.92 Å². The van der Waals surface area contributed by atoms with Gasteiger partial charge in [0.05, 0.1) is 0 Å². The highest BCUT2D eigenvalue weighted by atomic mass is 32.1. The summed E-state index contributed by atoms with van der Waals surface area (Å²) in [4.78, 5) is 41.5. The minimum absolute atomic E-state index is 0.0211. The van der Waals surface area contributed by atoms with Crippen LogP contribution >= 0.6 is 12.6 Å². The molecule has 7 nitrogen and oxygen atoms in total. The van der Waals surface area contributed by atoms with Crippen LogP contribution in [0.2, 0.25) is 0 Å². The maximum Gasteiger partial charge on any atom is 0.408 e. The molecule has 3 amide bonds. The zero-order chi connectivity index (χ0) is 26.6. The molecule has 0 bridgehead atoms. The van der Waals surface area contributed by atoms with Crippen molar-refractivity contribution in [3.05, 3.63) is 35.4 Å². The average Bonchev–Trinajstić information content (AvgIpc) is 2.76. The Bertz CT molecular complexity index is 825. The highest BCUT2D eigenvalue weighted by Crippen LogP contribution is 2.26. The molecule has 3 unspecified atom stereocenters. The predicted molar refractivity (Wildman–Crippen MR) is 145 cm³/mol. The van der Waals surface area contributed by atoms with Gasteiger partial charge in [-0.3, -0.25) is 9.59 Å². The van der Waals surface area contributed by atoms with Gasteiger partial charge < -0.3 is 20.3 Å². The molecule has 0 spiro atoms. The first-order valence-corrected chi connectivity index (χ1v) is 13.3. The zero-order valence-corrected chi connectivity index (χ0v) is 23.4. The van der Waals surface area contributed by atoms with Crippen LogP contribution in [0.4, 0.5) is 4.79 Å². The Kier molecular flexibility index (Phi) is 13.2. The van der Waals surface area contributed by atoms with Gasteiger partial charge in [0.25, 0.3) is 0 Å². The second kappa shape index (κ2) is 15.0. The van der Waals surface area contributed by atoms with Crippen LogP contribution in [0.15, 0.2) is 24.3 Å². The molecule has 0 heterocycles. The summed E-state index contributed by atoms with van der Waals surface area (Å²) in [5.41, 5.74) is 0.994. The fourth-order valence-corrected chi connectivity index (χ4v) is 4.15. The molecule has 3 atom stereocenters. The van der Waals surface area contributed by atoms with Gasteiger partial charge in [-0.25, -0.2) is 4.79 Å². The Morgan fingerprint density at radius 2 is 1.71 bits per heavy atom. The topological polar surface area (TPSA) is 87.7 Å². The van der Waals surface area contributed by atoms with Crippen LogP contribution < -0.4 is 10.6 Å². The van der Waals surface area contributed by atoms with Gasteiger partial charge in [0.15, 0.2) is 0 Å². The van der Waals surface area contributed by atoms with Crippen molar-refractivity contribution >= 4 is 30.5 Å². The Labute approximate surface area is 217 Å². The summed E-state index contributed by atoms with van der Waals surface area (Å²) in [7, 11) is 0. The van der Waals surface area contributed by atoms with Gasteiger partial charge in [0, 0.05) is 18.3 Å². The number of nitrogens with one attached hydrogen (secondary N) is 2. The van der Waals surface area contributed by atoms with E-state index in [1.54, 1.807) is 25.7 Å². The van der Waals surface area contributed by atoms with E-state index in [4.69, 9.17) is 4.74 Å². The molecule has 0 aliphatic carbocycles. The number of hydrogen-bond donors (Lipinski definition) is 3. The molecular formula is C27H45N3O4S. The van der Waals surface area contributed by atoms with Gasteiger partial charge in [-0.2, -0.15) is 12.6 Å². The maximum atomic E-state index is 13.8. The molecule has 0 radical (unpaired) electrons. The van der Waals surface area contributed by atoms with E-state index in [0.29, 0.717) is 6.54 Å². The minimum atomic E-state index is -0.929. The second-order valence-electron chi connectivity index (χ2n) is 10.1. The van der Waals surface area contributed by atoms with Crippen molar-refractivity contribution in [2.24, 2.45) is 0 Å². The molecule has 0 aliphatic heterocycles. The number of carbonyl (C=O) groups is 3. The molecule has 35 heavy (non-hydrogen) atoms. The number of aryl methyl sites for hydroxylation is 1. The number of alkyl carbamates (subject to hydrolysis) is 1. The van der Waals surface area contributed by atoms with E-state index < -0.39 is 23.8 Å². The number of ether oxygens (including phenoxy) is 1. The SMILES string of the molecule is CCCCCN(C(=O)C(CS)NC(=O)OC(C)(C)C)C(C(=O)NC(C)CCC)c1ccccc1C. The molecule has 1 rings (SSSR count). The van der Waals surface area contributed by atoms with E-state index >= 15 is 0 Å². The van der Waals surface area contributed by atoms with E-state index in [0.717, 1.165) is 43.2 Å². The third kappa shape index (κ3) is 10.5. The summed E-state index contributed by atoms with van der Waals surface area (Å²) >= 11 is 4.34. The van der Waals surface area contributed by atoms with E-state index in [1.807, 2.05) is 38.1 Å². The van der Waals surface area contributed by atoms with E-state index in [9.17, 15) is 14.4 Å². The Balaban J connectivity index is 3.40. The van der Waals surface area contributed by atoms with Crippen LogP contribution in [0.1, 0.15) is 90.8 Å². The van der Waals surface area contributed by atoms with Crippen molar-refractivity contribution in [3.8, 4) is 0 Å². The van der Waals surface area contributed by atoms with Crippen LogP contribution in [0.3, 0.4) is 0 Å². The fraction of sp³-hybridized carbons (Fsp3) is 0.667. The first-order chi connectivity index (χ1) is 16.4. The maximum absolute atomic E-state index is 13.8. The van der Waals surface area contributed by atoms with Gasteiger partial charge in [-0.1, -0.05) is 57.4 Å². The number of amides is 3. The number of hydrogen-bond acceptors (Lipinski definition) is 5. The first kappa shape index (κ1) is 30.8. The van der Waals surface area contributed by atoms with Crippen molar-refractivity contribution in [2.45, 2.75) is 104 Å². The van der Waals surface area contributed by atoms with Crippen molar-refractivity contribution in [1.29, 1.82) is 0 Å². The number of nitrogens with zero attached hydrogens (tertiary/aromatic N) is 1. The minimum Gasteiger partial charge on any atom is -0.444 e. The summed E-state index contributed by atoms with van der Waals surface area (Å²) in [5, 5.41) is 5.75. The van der Waals surface area contributed by atoms with Crippen molar-refractivity contribution < 1.29 is 19.1 Å². The molecule has 0 saturated heterocycles. The Morgan fingerprint density at radius 1 is 1.06 bits per heavy atom. The molecule has 0 aromatic heterocycles. The quantitative estimate of drug-likeness (QED) is 0.253. The molecule has 1 aromatic carbocycles. The highest BCUT2D eigenvalue weighted by molar-refractivity contribution is 7.80.